The van der Waals surface area contributed by atoms with Crippen LogP contribution in [0.1, 0.15) is 124 Å². The van der Waals surface area contributed by atoms with Crippen molar-refractivity contribution in [3.05, 3.63) is 53.4 Å². The van der Waals surface area contributed by atoms with Gasteiger partial charge in [-0.05, 0) is 134 Å². The summed E-state index contributed by atoms with van der Waals surface area (Å²) in [5.41, 5.74) is 4.53. The summed E-state index contributed by atoms with van der Waals surface area (Å²) >= 11 is 0. The van der Waals surface area contributed by atoms with E-state index in [9.17, 15) is 9.90 Å². The summed E-state index contributed by atoms with van der Waals surface area (Å²) in [6, 6.07) is 8.17. The first kappa shape index (κ1) is 32.1. The molecule has 6 nitrogen and oxygen atoms in total. The minimum Gasteiger partial charge on any atom is -0.459 e. The Balaban J connectivity index is 1.20. The van der Waals surface area contributed by atoms with Gasteiger partial charge in [-0.25, -0.2) is 4.68 Å². The molecule has 0 spiro atoms. The largest absolute Gasteiger partial charge is 0.459 e. The van der Waals surface area contributed by atoms with E-state index in [0.717, 1.165) is 68.3 Å². The Morgan fingerprint density at radius 3 is 2.50 bits per heavy atom. The number of nitrogens with zero attached hydrogens (tertiary/aromatic N) is 3. The molecule has 5 aliphatic rings. The molecule has 4 saturated carbocycles. The highest BCUT2D eigenvalue weighted by Gasteiger charge is 2.69. The molecule has 0 bridgehead atoms. The summed E-state index contributed by atoms with van der Waals surface area (Å²) in [6.07, 6.45) is 14.5. The van der Waals surface area contributed by atoms with E-state index >= 15 is 0 Å². The number of fused-ring (bicyclic) bond motifs is 7. The maximum atomic E-state index is 14.5. The lowest BCUT2D eigenvalue weighted by atomic mass is 9.33. The van der Waals surface area contributed by atoms with E-state index in [1.807, 2.05) is 12.1 Å². The summed E-state index contributed by atoms with van der Waals surface area (Å²) in [6.45, 7) is 19.4. The van der Waals surface area contributed by atoms with Crippen LogP contribution >= 0.6 is 0 Å². The lowest BCUT2D eigenvalue weighted by molar-refractivity contribution is -0.206. The Labute approximate surface area is 276 Å². The molecule has 1 aromatic heterocycles. The number of ether oxygens (including phenoxy) is 1. The molecule has 4 fully saturated rings. The Kier molecular flexibility index (Phi) is 7.34. The van der Waals surface area contributed by atoms with Gasteiger partial charge in [0, 0.05) is 0 Å². The van der Waals surface area contributed by atoms with Crippen molar-refractivity contribution in [3.8, 4) is 5.69 Å². The van der Waals surface area contributed by atoms with E-state index in [0.29, 0.717) is 11.8 Å². The van der Waals surface area contributed by atoms with Gasteiger partial charge in [-0.3, -0.25) is 4.79 Å². The molecule has 0 amide bonds. The molecular weight excluding hydrogens is 570 g/mol. The normalized spacial score (nSPS) is 40.8. The molecule has 6 heteroatoms. The van der Waals surface area contributed by atoms with Crippen molar-refractivity contribution in [2.75, 3.05) is 0 Å². The standard InChI is InChI=1S/C40H57N3O3/c1-26-10-9-11-27(22-26)43-28(24-41-42-43)25-46-34(45)40-20-18-35(2,3)23-30(40)29-12-13-32-37(6)16-15-33(44)36(4,5)31(37)14-17-39(32,8)38(29,7)19-21-40/h9-12,22,24,30-33,44H,13-21,23,25H2,1-8H3/t30?,31?,32?,33-,37-,38+,39+,40-/m0/s1. The first-order chi connectivity index (χ1) is 21.6. The van der Waals surface area contributed by atoms with Crippen molar-refractivity contribution >= 4 is 5.97 Å². The van der Waals surface area contributed by atoms with Crippen LogP contribution in [0, 0.1) is 57.2 Å². The van der Waals surface area contributed by atoms with Crippen LogP contribution in [0.2, 0.25) is 0 Å². The average molecular weight is 628 g/mol. The van der Waals surface area contributed by atoms with Gasteiger partial charge in [-0.1, -0.05) is 77.5 Å². The second-order valence-electron chi connectivity index (χ2n) is 18.3. The van der Waals surface area contributed by atoms with Crippen molar-refractivity contribution in [1.82, 2.24) is 15.0 Å². The van der Waals surface area contributed by atoms with Crippen LogP contribution < -0.4 is 0 Å². The van der Waals surface area contributed by atoms with E-state index in [4.69, 9.17) is 4.74 Å². The smallest absolute Gasteiger partial charge is 0.313 e. The monoisotopic (exact) mass is 627 g/mol. The highest BCUT2D eigenvalue weighted by molar-refractivity contribution is 5.79. The summed E-state index contributed by atoms with van der Waals surface area (Å²) in [4.78, 5) is 14.5. The van der Waals surface area contributed by atoms with Gasteiger partial charge in [0.2, 0.25) is 0 Å². The van der Waals surface area contributed by atoms with Gasteiger partial charge in [-0.15, -0.1) is 5.10 Å². The van der Waals surface area contributed by atoms with Gasteiger partial charge in [0.1, 0.15) is 12.3 Å². The van der Waals surface area contributed by atoms with Crippen LogP contribution in [0.3, 0.4) is 0 Å². The lowest BCUT2D eigenvalue weighted by Crippen LogP contribution is -2.65. The number of aliphatic hydroxyl groups excluding tert-OH is 1. The summed E-state index contributed by atoms with van der Waals surface area (Å²) in [5, 5.41) is 19.6. The third kappa shape index (κ3) is 4.47. The SMILES string of the molecule is Cc1cccc(-n2nncc2COC(=O)[C@]23CCC(C)(C)CC2C2=CCC4[C@@]5(C)CC[C@H](O)C(C)(C)C5CC[C@@]4(C)[C@]2(C)CC3)c1. The zero-order valence-electron chi connectivity index (χ0n) is 29.7. The fraction of sp³-hybridized carbons (Fsp3) is 0.725. The molecule has 7 rings (SSSR count). The number of esters is 1. The first-order valence-corrected chi connectivity index (χ1v) is 18.1. The van der Waals surface area contributed by atoms with Crippen LogP contribution in [0.4, 0.5) is 0 Å². The number of hydrogen-bond donors (Lipinski definition) is 1. The van der Waals surface area contributed by atoms with Gasteiger partial charge in [0.25, 0.3) is 0 Å². The summed E-state index contributed by atoms with van der Waals surface area (Å²) in [5.74, 6) is 1.30. The van der Waals surface area contributed by atoms with E-state index in [-0.39, 0.29) is 51.7 Å². The molecule has 250 valence electrons. The molecule has 1 heterocycles. The predicted molar refractivity (Wildman–Crippen MR) is 181 cm³/mol. The molecule has 1 aromatic carbocycles. The zero-order chi connectivity index (χ0) is 32.9. The molecule has 5 aliphatic carbocycles. The third-order valence-corrected chi connectivity index (χ3v) is 15.2. The van der Waals surface area contributed by atoms with Crippen molar-refractivity contribution in [2.24, 2.45) is 50.2 Å². The first-order valence-electron chi connectivity index (χ1n) is 18.1. The predicted octanol–water partition coefficient (Wildman–Crippen LogP) is 8.78. The van der Waals surface area contributed by atoms with Crippen LogP contribution in [0.15, 0.2) is 42.1 Å². The number of hydrogen-bond acceptors (Lipinski definition) is 5. The van der Waals surface area contributed by atoms with Gasteiger partial charge < -0.3 is 9.84 Å². The highest BCUT2D eigenvalue weighted by atomic mass is 16.5. The van der Waals surface area contributed by atoms with Crippen LogP contribution in [-0.4, -0.2) is 32.2 Å². The number of aromatic nitrogens is 3. The van der Waals surface area contributed by atoms with Crippen molar-refractivity contribution in [3.63, 3.8) is 0 Å². The maximum absolute atomic E-state index is 14.5. The number of allylic oxidation sites excluding steroid dienone is 2. The van der Waals surface area contributed by atoms with Crippen LogP contribution in [0.5, 0.6) is 0 Å². The minimum atomic E-state index is -0.482. The van der Waals surface area contributed by atoms with Crippen molar-refractivity contribution in [1.29, 1.82) is 0 Å². The summed E-state index contributed by atoms with van der Waals surface area (Å²) in [7, 11) is 0. The van der Waals surface area contributed by atoms with Gasteiger partial charge >= 0.3 is 5.97 Å². The second kappa shape index (κ2) is 10.5. The third-order valence-electron chi connectivity index (χ3n) is 15.2. The van der Waals surface area contributed by atoms with E-state index in [1.165, 1.54) is 12.8 Å². The number of rotatable bonds is 4. The number of aryl methyl sites for hydroxylation is 1. The molecule has 8 atom stereocenters. The van der Waals surface area contributed by atoms with Crippen LogP contribution in [-0.2, 0) is 16.1 Å². The fourth-order valence-electron chi connectivity index (χ4n) is 12.2. The number of carbonyl (C=O) groups is 1. The van der Waals surface area contributed by atoms with Gasteiger partial charge in [-0.2, -0.15) is 0 Å². The quantitative estimate of drug-likeness (QED) is 0.271. The fourth-order valence-corrected chi connectivity index (χ4v) is 12.2. The summed E-state index contributed by atoms with van der Waals surface area (Å²) < 4.78 is 8.12. The van der Waals surface area contributed by atoms with Gasteiger partial charge in [0.15, 0.2) is 0 Å². The van der Waals surface area contributed by atoms with Gasteiger partial charge in [0.05, 0.1) is 23.4 Å². The Morgan fingerprint density at radius 2 is 1.74 bits per heavy atom. The Morgan fingerprint density at radius 1 is 0.978 bits per heavy atom. The Bertz CT molecular complexity index is 1560. The highest BCUT2D eigenvalue weighted by Crippen LogP contribution is 2.75. The molecule has 1 N–H and O–H groups in total. The molecule has 0 saturated heterocycles. The minimum absolute atomic E-state index is 0.0288. The van der Waals surface area contributed by atoms with E-state index < -0.39 is 5.41 Å². The molecular formula is C40H57N3O3. The van der Waals surface area contributed by atoms with E-state index in [2.05, 4.69) is 83.9 Å². The van der Waals surface area contributed by atoms with Crippen molar-refractivity contribution < 1.29 is 14.6 Å². The Hall–Kier alpha value is -2.47. The average Bonchev–Trinajstić information content (AvgIpc) is 3.47. The second-order valence-corrected chi connectivity index (χ2v) is 18.3. The number of benzene rings is 1. The number of aliphatic hydroxyl groups is 1. The lowest BCUT2D eigenvalue weighted by Gasteiger charge is -2.71. The molecule has 3 unspecified atom stereocenters. The zero-order valence-corrected chi connectivity index (χ0v) is 29.7. The molecule has 0 radical (unpaired) electrons. The topological polar surface area (TPSA) is 77.2 Å². The number of carbonyl (C=O) groups excluding carboxylic acids is 1. The molecule has 0 aliphatic heterocycles. The molecule has 2 aromatic rings. The molecule has 46 heavy (non-hydrogen) atoms. The van der Waals surface area contributed by atoms with Crippen LogP contribution in [0.25, 0.3) is 5.69 Å². The maximum Gasteiger partial charge on any atom is 0.313 e. The van der Waals surface area contributed by atoms with Crippen molar-refractivity contribution in [2.45, 2.75) is 132 Å². The van der Waals surface area contributed by atoms with E-state index in [1.54, 1.807) is 16.5 Å².